The molecule has 0 fully saturated rings. The second-order valence-corrected chi connectivity index (χ2v) is 5.51. The highest BCUT2D eigenvalue weighted by Crippen LogP contribution is 2.23. The summed E-state index contributed by atoms with van der Waals surface area (Å²) in [7, 11) is 41.6. The smallest absolute Gasteiger partial charge is 0.127 e. The van der Waals surface area contributed by atoms with Crippen molar-refractivity contribution in [2.45, 2.75) is 0 Å². The summed E-state index contributed by atoms with van der Waals surface area (Å²) in [5, 5.41) is 0.971. The highest BCUT2D eigenvalue weighted by atomic mass is 79.9. The summed E-state index contributed by atoms with van der Waals surface area (Å²) in [6, 6.07) is 0. The zero-order chi connectivity index (χ0) is 15.6. The molecule has 0 atom stereocenters. The van der Waals surface area contributed by atoms with Crippen molar-refractivity contribution in [1.82, 2.24) is 0 Å². The van der Waals surface area contributed by atoms with Gasteiger partial charge in [0.1, 0.15) is 66.1 Å². The Kier molecular flexibility index (Phi) is 3.48. The lowest BCUT2D eigenvalue weighted by Gasteiger charge is -2.13. The van der Waals surface area contributed by atoms with Gasteiger partial charge in [-0.2, -0.15) is 0 Å². The number of hydrogen-bond acceptors (Lipinski definition) is 1. The van der Waals surface area contributed by atoms with Gasteiger partial charge in [0.05, 0.1) is 0 Å². The number of fused-ring (bicyclic) bond motifs is 3. The molecule has 0 bridgehead atoms. The Bertz CT molecular complexity index is 857. The summed E-state index contributed by atoms with van der Waals surface area (Å²) in [5.41, 5.74) is 2.18. The molecule has 0 aliphatic carbocycles. The molecule has 0 amide bonds. The monoisotopic (exact) mass is 316 g/mol. The van der Waals surface area contributed by atoms with E-state index in [1.54, 1.807) is 0 Å². The van der Waals surface area contributed by atoms with E-state index in [1.807, 2.05) is 0 Å². The molecular formula is C12B7BrO. The number of rotatable bonds is 0. The summed E-state index contributed by atoms with van der Waals surface area (Å²) < 4.78 is 6.16. The van der Waals surface area contributed by atoms with Gasteiger partial charge in [0.15, 0.2) is 0 Å². The third-order valence-electron chi connectivity index (χ3n) is 3.57. The second-order valence-electron chi connectivity index (χ2n) is 4.72. The van der Waals surface area contributed by atoms with Gasteiger partial charge in [0, 0.05) is 15.2 Å². The van der Waals surface area contributed by atoms with Gasteiger partial charge in [-0.1, -0.05) is 43.2 Å². The molecule has 0 saturated carbocycles. The molecule has 0 unspecified atom stereocenters. The SMILES string of the molecule is [B]c1c([B])c([B])c2c(oc3c([B])c([B])c(Br)c([B])c32)c1[B]. The van der Waals surface area contributed by atoms with Gasteiger partial charge in [-0.25, -0.2) is 0 Å². The van der Waals surface area contributed by atoms with Gasteiger partial charge in [-0.05, 0) is 0 Å². The Labute approximate surface area is 140 Å². The van der Waals surface area contributed by atoms with E-state index in [-0.39, 0.29) is 38.4 Å². The molecular weight excluding hydrogens is 316 g/mol. The van der Waals surface area contributed by atoms with Crippen LogP contribution < -0.4 is 38.2 Å². The fourth-order valence-electron chi connectivity index (χ4n) is 2.37. The Morgan fingerprint density at radius 1 is 0.524 bits per heavy atom. The zero-order valence-electron chi connectivity index (χ0n) is 10.8. The minimum atomic E-state index is 0.156. The van der Waals surface area contributed by atoms with Crippen LogP contribution in [0.15, 0.2) is 8.89 Å². The van der Waals surface area contributed by atoms with Gasteiger partial charge in [-0.3, -0.25) is 0 Å². The van der Waals surface area contributed by atoms with Crippen LogP contribution in [0.3, 0.4) is 0 Å². The first kappa shape index (κ1) is 15.1. The second kappa shape index (κ2) is 4.84. The van der Waals surface area contributed by atoms with Crippen LogP contribution in [0, 0.1) is 0 Å². The topological polar surface area (TPSA) is 13.1 Å². The van der Waals surface area contributed by atoms with Gasteiger partial charge in [0.25, 0.3) is 0 Å². The van der Waals surface area contributed by atoms with E-state index in [0.29, 0.717) is 26.3 Å². The summed E-state index contributed by atoms with van der Waals surface area (Å²) >= 11 is 3.30. The summed E-state index contributed by atoms with van der Waals surface area (Å²) in [5.74, 6) is 0. The third kappa shape index (κ3) is 1.86. The number of halogens is 1. The molecule has 82 valence electrons. The normalized spacial score (nSPS) is 11.5. The van der Waals surface area contributed by atoms with E-state index in [2.05, 4.69) is 15.9 Å². The molecule has 1 aromatic heterocycles. The van der Waals surface area contributed by atoms with Crippen LogP contribution in [-0.4, -0.2) is 54.9 Å². The summed E-state index contributed by atoms with van der Waals surface area (Å²) in [6.07, 6.45) is 0. The molecule has 21 heavy (non-hydrogen) atoms. The van der Waals surface area contributed by atoms with Crippen molar-refractivity contribution in [2.75, 3.05) is 0 Å². The van der Waals surface area contributed by atoms with E-state index in [9.17, 15) is 0 Å². The van der Waals surface area contributed by atoms with Crippen LogP contribution in [-0.2, 0) is 0 Å². The number of hydrogen-bond donors (Lipinski definition) is 0. The molecule has 0 spiro atoms. The lowest BCUT2D eigenvalue weighted by Crippen LogP contribution is -2.47. The summed E-state index contributed by atoms with van der Waals surface area (Å²) in [6.45, 7) is 0. The lowest BCUT2D eigenvalue weighted by molar-refractivity contribution is 0.675. The molecule has 0 N–H and O–H groups in total. The van der Waals surface area contributed by atoms with Crippen molar-refractivity contribution in [2.24, 2.45) is 0 Å². The lowest BCUT2D eigenvalue weighted by atomic mass is 9.65. The number of furan rings is 1. The average molecular weight is 316 g/mol. The quantitative estimate of drug-likeness (QED) is 0.385. The molecule has 3 rings (SSSR count). The van der Waals surface area contributed by atoms with Gasteiger partial charge in [0.2, 0.25) is 0 Å². The van der Waals surface area contributed by atoms with Crippen molar-refractivity contribution < 1.29 is 4.42 Å². The first-order valence-electron chi connectivity index (χ1n) is 5.87. The molecule has 3 aromatic rings. The highest BCUT2D eigenvalue weighted by Gasteiger charge is 2.19. The minimum Gasteiger partial charge on any atom is -0.457 e. The van der Waals surface area contributed by atoms with Crippen molar-refractivity contribution >= 4 is 131 Å². The van der Waals surface area contributed by atoms with Crippen molar-refractivity contribution in [3.05, 3.63) is 4.47 Å². The Hall–Kier alpha value is -0.825. The molecule has 14 radical (unpaired) electrons. The molecule has 1 nitrogen and oxygen atoms in total. The van der Waals surface area contributed by atoms with E-state index in [4.69, 9.17) is 59.3 Å². The molecule has 0 aliphatic heterocycles. The maximum atomic E-state index is 6.09. The number of benzene rings is 2. The minimum absolute atomic E-state index is 0.156. The molecule has 0 aliphatic rings. The van der Waals surface area contributed by atoms with Crippen molar-refractivity contribution in [1.29, 1.82) is 0 Å². The maximum absolute atomic E-state index is 6.09. The van der Waals surface area contributed by atoms with Crippen LogP contribution in [0.1, 0.15) is 0 Å². The molecule has 0 saturated heterocycles. The standard InChI is InChI=1S/C12B7BrO/c13-3-1-2-4(14)10(20)7(17)9(19)12(2)21-11(1)8(18)6(16)5(3)15. The predicted octanol–water partition coefficient (Wildman–Crippen LogP) is -4.09. The first-order valence-corrected chi connectivity index (χ1v) is 6.66. The maximum Gasteiger partial charge on any atom is 0.127 e. The van der Waals surface area contributed by atoms with Gasteiger partial charge >= 0.3 is 0 Å². The Morgan fingerprint density at radius 2 is 0.952 bits per heavy atom. The highest BCUT2D eigenvalue weighted by molar-refractivity contribution is 9.10. The van der Waals surface area contributed by atoms with E-state index in [1.165, 1.54) is 0 Å². The fourth-order valence-corrected chi connectivity index (χ4v) is 2.78. The fraction of sp³-hybridized carbons (Fsp3) is 0. The molecule has 1 heterocycles. The van der Waals surface area contributed by atoms with Crippen LogP contribution >= 0.6 is 15.9 Å². The third-order valence-corrected chi connectivity index (χ3v) is 4.42. The zero-order valence-corrected chi connectivity index (χ0v) is 12.4. The predicted molar refractivity (Wildman–Crippen MR) is 99.1 cm³/mol. The van der Waals surface area contributed by atoms with Crippen LogP contribution in [0.2, 0.25) is 0 Å². The van der Waals surface area contributed by atoms with E-state index >= 15 is 0 Å². The van der Waals surface area contributed by atoms with Crippen LogP contribution in [0.4, 0.5) is 0 Å². The Balaban J connectivity index is 2.73. The molecule has 2 aromatic carbocycles. The van der Waals surface area contributed by atoms with E-state index < -0.39 is 0 Å². The van der Waals surface area contributed by atoms with Gasteiger partial charge in [-0.15, -0.1) is 10.9 Å². The average Bonchev–Trinajstić information content (AvgIpc) is 2.87. The van der Waals surface area contributed by atoms with Crippen molar-refractivity contribution in [3.8, 4) is 0 Å². The first-order chi connectivity index (χ1) is 9.77. The van der Waals surface area contributed by atoms with Gasteiger partial charge < -0.3 is 4.42 Å². The molecule has 9 heteroatoms. The van der Waals surface area contributed by atoms with Crippen LogP contribution in [0.25, 0.3) is 21.9 Å². The van der Waals surface area contributed by atoms with Crippen LogP contribution in [0.5, 0.6) is 0 Å². The van der Waals surface area contributed by atoms with E-state index in [0.717, 1.165) is 0 Å². The van der Waals surface area contributed by atoms with Crippen molar-refractivity contribution in [3.63, 3.8) is 0 Å². The Morgan fingerprint density at radius 3 is 1.52 bits per heavy atom. The summed E-state index contributed by atoms with van der Waals surface area (Å²) in [4.78, 5) is 0. The largest absolute Gasteiger partial charge is 0.457 e.